The molecular formula is C34H36N10. The second kappa shape index (κ2) is 13.2. The maximum atomic E-state index is 10.3. The fourth-order valence-corrected chi connectivity index (χ4v) is 5.42. The molecule has 0 spiro atoms. The molecule has 0 aliphatic carbocycles. The number of unbranched alkanes of at least 4 members (excludes halogenated alkanes) is 1. The molecule has 10 nitrogen and oxygen atoms in total. The summed E-state index contributed by atoms with van der Waals surface area (Å²) in [5.74, 6) is 1.11. The molecule has 2 aromatic carbocycles. The number of rotatable bonds is 9. The number of aromatic nitrogens is 3. The number of benzene rings is 2. The van der Waals surface area contributed by atoms with Crippen molar-refractivity contribution in [2.45, 2.75) is 74.8 Å². The first-order chi connectivity index (χ1) is 21.0. The lowest BCUT2D eigenvalue weighted by Gasteiger charge is -2.19. The van der Waals surface area contributed by atoms with Gasteiger partial charge in [0.2, 0.25) is 0 Å². The van der Waals surface area contributed by atoms with Crippen molar-refractivity contribution >= 4 is 46.3 Å². The minimum Gasteiger partial charge on any atom is -0.373 e. The maximum absolute atomic E-state index is 10.3. The molecule has 2 N–H and O–H groups in total. The van der Waals surface area contributed by atoms with Crippen LogP contribution in [0.25, 0.3) is 9.69 Å². The van der Waals surface area contributed by atoms with Crippen LogP contribution in [0.4, 0.5) is 46.3 Å². The molecule has 222 valence electrons. The van der Waals surface area contributed by atoms with E-state index in [9.17, 15) is 5.26 Å². The second-order valence-corrected chi connectivity index (χ2v) is 11.1. The second-order valence-electron chi connectivity index (χ2n) is 11.1. The van der Waals surface area contributed by atoms with E-state index in [2.05, 4.69) is 79.7 Å². The third-order valence-corrected chi connectivity index (χ3v) is 7.46. The monoisotopic (exact) mass is 584 g/mol. The smallest absolute Gasteiger partial charge is 0.373 e. The zero-order chi connectivity index (χ0) is 32.1. The van der Waals surface area contributed by atoms with Crippen LogP contribution >= 0.6 is 0 Å². The first-order valence-electron chi connectivity index (χ1n) is 14.4. The summed E-state index contributed by atoms with van der Waals surface area (Å²) < 4.78 is 1.63. The third-order valence-electron chi connectivity index (χ3n) is 7.46. The molecule has 0 unspecified atom stereocenters. The Balaban J connectivity index is 1.94. The molecule has 0 saturated carbocycles. The number of imidazole rings is 1. The Kier molecular flexibility index (Phi) is 9.41. The van der Waals surface area contributed by atoms with Crippen molar-refractivity contribution in [3.63, 3.8) is 0 Å². The minimum atomic E-state index is -0.00903. The molecule has 0 radical (unpaired) electrons. The molecule has 4 rings (SSSR count). The molecule has 44 heavy (non-hydrogen) atoms. The van der Waals surface area contributed by atoms with Crippen LogP contribution in [0.1, 0.15) is 64.3 Å². The lowest BCUT2D eigenvalue weighted by molar-refractivity contribution is 0.640. The Morgan fingerprint density at radius 2 is 1.36 bits per heavy atom. The number of aryl methyl sites for hydroxylation is 6. The number of pyridine rings is 1. The van der Waals surface area contributed by atoms with E-state index >= 15 is 0 Å². The average Bonchev–Trinajstić information content (AvgIpc) is 3.31. The standard InChI is InChI=1S/C34H36N10/c1-11-12-13-44-33(37-10)32(36-9)41-34(44)43-42-29-25(8)26(18-35)30(38-27-21(4)14-19(2)15-22(27)5)40-31(29)39-28-23(6)16-20(3)17-24(28)7/h14-17H,11-13H2,1-8H3,(H2,38,39,40). The first-order valence-corrected chi connectivity index (χ1v) is 14.4. The highest BCUT2D eigenvalue weighted by Crippen LogP contribution is 2.40. The van der Waals surface area contributed by atoms with Crippen LogP contribution in [0.3, 0.4) is 0 Å². The normalized spacial score (nSPS) is 10.8. The molecule has 4 aromatic rings. The van der Waals surface area contributed by atoms with E-state index in [1.54, 1.807) is 4.57 Å². The van der Waals surface area contributed by atoms with Crippen LogP contribution in [-0.2, 0) is 6.54 Å². The SMILES string of the molecule is [C-]#[N+]c1nc(N=Nc2c(Nc3c(C)cc(C)cc3C)nc(Nc3c(C)cc(C)cc3C)c(C#N)c2C)n(CCCC)c1[N+]#[C-]. The van der Waals surface area contributed by atoms with Crippen molar-refractivity contribution in [2.75, 3.05) is 10.6 Å². The molecule has 0 aliphatic rings. The minimum absolute atomic E-state index is 0.00903. The van der Waals surface area contributed by atoms with Crippen molar-refractivity contribution < 1.29 is 0 Å². The molecular weight excluding hydrogens is 548 g/mol. The Morgan fingerprint density at radius 3 is 1.84 bits per heavy atom. The number of hydrogen-bond acceptors (Lipinski definition) is 7. The van der Waals surface area contributed by atoms with Gasteiger partial charge in [0.1, 0.15) is 11.8 Å². The van der Waals surface area contributed by atoms with Gasteiger partial charge >= 0.3 is 5.95 Å². The molecule has 0 saturated heterocycles. The summed E-state index contributed by atoms with van der Waals surface area (Å²) in [5, 5.41) is 26.2. The first kappa shape index (κ1) is 31.4. The van der Waals surface area contributed by atoms with E-state index < -0.39 is 0 Å². The van der Waals surface area contributed by atoms with E-state index in [0.29, 0.717) is 35.0 Å². The van der Waals surface area contributed by atoms with E-state index in [1.807, 2.05) is 41.5 Å². The van der Waals surface area contributed by atoms with Crippen LogP contribution in [0.5, 0.6) is 0 Å². The summed E-state index contributed by atoms with van der Waals surface area (Å²) >= 11 is 0. The molecule has 2 aromatic heterocycles. The molecule has 0 aliphatic heterocycles. The van der Waals surface area contributed by atoms with Crippen LogP contribution in [-0.4, -0.2) is 14.5 Å². The molecule has 0 bridgehead atoms. The van der Waals surface area contributed by atoms with Gasteiger partial charge in [-0.3, -0.25) is 0 Å². The number of nitrogens with zero attached hydrogens (tertiary/aromatic N) is 8. The molecule has 10 heteroatoms. The fraction of sp³-hybridized carbons (Fsp3) is 0.324. The summed E-state index contributed by atoms with van der Waals surface area (Å²) in [7, 11) is 0. The maximum Gasteiger partial charge on any atom is 0.416 e. The molecule has 0 fully saturated rings. The summed E-state index contributed by atoms with van der Waals surface area (Å²) in [4.78, 5) is 16.2. The predicted octanol–water partition coefficient (Wildman–Crippen LogP) is 10.1. The number of nitrogens with one attached hydrogen (secondary N) is 2. The number of nitriles is 1. The average molecular weight is 585 g/mol. The number of hydrogen-bond donors (Lipinski definition) is 2. The lowest BCUT2D eigenvalue weighted by Crippen LogP contribution is -2.07. The Hall–Kier alpha value is -5.53. The van der Waals surface area contributed by atoms with Crippen molar-refractivity contribution in [3.8, 4) is 6.07 Å². The molecule has 2 heterocycles. The van der Waals surface area contributed by atoms with E-state index in [0.717, 1.165) is 57.6 Å². The summed E-state index contributed by atoms with van der Waals surface area (Å²) in [6, 6.07) is 10.7. The fourth-order valence-electron chi connectivity index (χ4n) is 5.42. The van der Waals surface area contributed by atoms with Crippen LogP contribution < -0.4 is 10.6 Å². The van der Waals surface area contributed by atoms with Crippen LogP contribution in [0, 0.1) is 72.9 Å². The highest BCUT2D eigenvalue weighted by molar-refractivity contribution is 5.81. The van der Waals surface area contributed by atoms with Gasteiger partial charge in [0.05, 0.1) is 12.1 Å². The van der Waals surface area contributed by atoms with Gasteiger partial charge in [-0.2, -0.15) is 5.26 Å². The van der Waals surface area contributed by atoms with Gasteiger partial charge in [-0.15, -0.1) is 5.11 Å². The molecule has 0 atom stereocenters. The number of anilines is 4. The van der Waals surface area contributed by atoms with Crippen molar-refractivity contribution in [2.24, 2.45) is 10.2 Å². The highest BCUT2D eigenvalue weighted by atomic mass is 15.3. The predicted molar refractivity (Wildman–Crippen MR) is 175 cm³/mol. The highest BCUT2D eigenvalue weighted by Gasteiger charge is 2.24. The summed E-state index contributed by atoms with van der Waals surface area (Å²) in [6.45, 7) is 31.7. The largest absolute Gasteiger partial charge is 0.416 e. The Morgan fingerprint density at radius 1 is 0.818 bits per heavy atom. The van der Waals surface area contributed by atoms with Crippen molar-refractivity contribution in [1.29, 1.82) is 5.26 Å². The Labute approximate surface area is 259 Å². The van der Waals surface area contributed by atoms with Gasteiger partial charge in [0.25, 0.3) is 11.6 Å². The van der Waals surface area contributed by atoms with Gasteiger partial charge in [-0.1, -0.05) is 72.0 Å². The molecule has 0 amide bonds. The number of azo groups is 1. The van der Waals surface area contributed by atoms with Crippen molar-refractivity contribution in [3.05, 3.63) is 91.6 Å². The lowest BCUT2D eigenvalue weighted by atomic mass is 10.0. The van der Waals surface area contributed by atoms with Gasteiger partial charge in [-0.25, -0.2) is 9.55 Å². The summed E-state index contributed by atoms with van der Waals surface area (Å²) in [6.07, 6.45) is 1.68. The van der Waals surface area contributed by atoms with E-state index in [1.165, 1.54) is 0 Å². The van der Waals surface area contributed by atoms with Gasteiger partial charge in [0, 0.05) is 16.9 Å². The van der Waals surface area contributed by atoms with Crippen LogP contribution in [0.15, 0.2) is 34.5 Å². The zero-order valence-electron chi connectivity index (χ0n) is 26.5. The van der Waals surface area contributed by atoms with Gasteiger partial charge < -0.3 is 20.3 Å². The quantitative estimate of drug-likeness (QED) is 0.150. The van der Waals surface area contributed by atoms with E-state index in [4.69, 9.17) is 18.1 Å². The summed E-state index contributed by atoms with van der Waals surface area (Å²) in [5.41, 5.74) is 9.49. The third kappa shape index (κ3) is 6.28. The van der Waals surface area contributed by atoms with E-state index in [-0.39, 0.29) is 17.6 Å². The van der Waals surface area contributed by atoms with Gasteiger partial charge in [0.15, 0.2) is 11.6 Å². The van der Waals surface area contributed by atoms with Gasteiger partial charge in [-0.05, 0) is 77.1 Å². The topological polar surface area (TPSA) is 112 Å². The van der Waals surface area contributed by atoms with Crippen LogP contribution in [0.2, 0.25) is 0 Å². The van der Waals surface area contributed by atoms with Crippen molar-refractivity contribution in [1.82, 2.24) is 14.5 Å². The zero-order valence-corrected chi connectivity index (χ0v) is 26.5. The Bertz CT molecular complexity index is 1860.